The fraction of sp³-hybridized carbons (Fsp3) is 1.00. The minimum atomic E-state index is -5.01. The molecule has 96 valence electrons. The number of aliphatic hydroxyl groups excluding tert-OH is 5. The van der Waals surface area contributed by atoms with Crippen molar-refractivity contribution in [2.24, 2.45) is 0 Å². The zero-order chi connectivity index (χ0) is 12.7. The molecule has 16 heavy (non-hydrogen) atoms. The van der Waals surface area contributed by atoms with E-state index in [1.807, 2.05) is 0 Å². The van der Waals surface area contributed by atoms with Crippen LogP contribution >= 0.6 is 7.82 Å². The first-order valence-corrected chi connectivity index (χ1v) is 5.82. The third-order valence-corrected chi connectivity index (χ3v) is 2.85. The van der Waals surface area contributed by atoms with E-state index in [1.54, 1.807) is 0 Å². The fourth-order valence-electron chi connectivity index (χ4n) is 1.48. The summed E-state index contributed by atoms with van der Waals surface area (Å²) in [4.78, 5) is 17.0. The lowest BCUT2D eigenvalue weighted by Crippen LogP contribution is -2.64. The van der Waals surface area contributed by atoms with Crippen LogP contribution in [0.1, 0.15) is 0 Å². The maximum Gasteiger partial charge on any atom is 0.470 e. The van der Waals surface area contributed by atoms with Crippen LogP contribution in [-0.4, -0.2) is 71.9 Å². The predicted molar refractivity (Wildman–Crippen MR) is 47.0 cm³/mol. The fourth-order valence-corrected chi connectivity index (χ4v) is 2.05. The summed E-state index contributed by atoms with van der Waals surface area (Å²) in [7, 11) is -5.01. The molecule has 7 N–H and O–H groups in total. The van der Waals surface area contributed by atoms with E-state index in [2.05, 4.69) is 4.52 Å². The smallest absolute Gasteiger partial charge is 0.387 e. The highest BCUT2D eigenvalue weighted by molar-refractivity contribution is 7.46. The highest BCUT2D eigenvalue weighted by Crippen LogP contribution is 2.41. The summed E-state index contributed by atoms with van der Waals surface area (Å²) in [6, 6.07) is 0. The van der Waals surface area contributed by atoms with Crippen molar-refractivity contribution in [3.63, 3.8) is 0 Å². The van der Waals surface area contributed by atoms with Crippen LogP contribution < -0.4 is 0 Å². The highest BCUT2D eigenvalue weighted by Gasteiger charge is 2.50. The number of phosphoric acid groups is 1. The monoisotopic (exact) mass is 260 g/mol. The Morgan fingerprint density at radius 2 is 1.06 bits per heavy atom. The Morgan fingerprint density at radius 3 is 1.38 bits per heavy atom. The van der Waals surface area contributed by atoms with Gasteiger partial charge in [0.2, 0.25) is 0 Å². The average molecular weight is 260 g/mol. The van der Waals surface area contributed by atoms with E-state index in [-0.39, 0.29) is 0 Å². The molecule has 0 saturated heterocycles. The third-order valence-electron chi connectivity index (χ3n) is 2.33. The second-order valence-corrected chi connectivity index (χ2v) is 4.71. The summed E-state index contributed by atoms with van der Waals surface area (Å²) in [6.07, 6.45) is -11.3. The van der Waals surface area contributed by atoms with E-state index < -0.39 is 44.4 Å². The number of rotatable bonds is 2. The van der Waals surface area contributed by atoms with Crippen molar-refractivity contribution in [1.82, 2.24) is 0 Å². The van der Waals surface area contributed by atoms with Crippen LogP contribution in [0.25, 0.3) is 0 Å². The topological polar surface area (TPSA) is 168 Å². The molecular formula is C6H13O9P. The minimum Gasteiger partial charge on any atom is -0.387 e. The standard InChI is InChI=1S/C6H13O9P/c7-1-2(8)4(10)6(5(11)3(1)9)15-16(12,13)14/h1-11H,(H2,12,13,14)/t1?,2-,3?,4?,5+,6?/m1/s1. The van der Waals surface area contributed by atoms with Gasteiger partial charge in [0.15, 0.2) is 0 Å². The summed E-state index contributed by atoms with van der Waals surface area (Å²) in [5, 5.41) is 46.1. The molecule has 0 bridgehead atoms. The van der Waals surface area contributed by atoms with Gasteiger partial charge in [0, 0.05) is 0 Å². The molecule has 0 aromatic rings. The van der Waals surface area contributed by atoms with Crippen molar-refractivity contribution in [2.75, 3.05) is 0 Å². The number of aliphatic hydroxyl groups is 5. The molecule has 0 radical (unpaired) electrons. The van der Waals surface area contributed by atoms with Crippen LogP contribution in [-0.2, 0) is 9.09 Å². The molecule has 1 fully saturated rings. The van der Waals surface area contributed by atoms with E-state index in [0.29, 0.717) is 0 Å². The van der Waals surface area contributed by atoms with Crippen molar-refractivity contribution in [3.8, 4) is 0 Å². The summed E-state index contributed by atoms with van der Waals surface area (Å²) in [5.41, 5.74) is 0. The van der Waals surface area contributed by atoms with E-state index in [0.717, 1.165) is 0 Å². The number of hydrogen-bond donors (Lipinski definition) is 7. The van der Waals surface area contributed by atoms with Gasteiger partial charge in [-0.25, -0.2) is 4.57 Å². The molecule has 1 aliphatic rings. The van der Waals surface area contributed by atoms with E-state index in [1.165, 1.54) is 0 Å². The number of phosphoric ester groups is 1. The van der Waals surface area contributed by atoms with Crippen LogP contribution in [0.5, 0.6) is 0 Å². The van der Waals surface area contributed by atoms with E-state index in [4.69, 9.17) is 14.9 Å². The minimum absolute atomic E-state index is 1.83. The van der Waals surface area contributed by atoms with Crippen molar-refractivity contribution < 1.29 is 44.4 Å². The predicted octanol–water partition coefficient (Wildman–Crippen LogP) is -3.72. The Hall–Kier alpha value is -0.0900. The van der Waals surface area contributed by atoms with Crippen LogP contribution in [0.4, 0.5) is 0 Å². The molecule has 1 saturated carbocycles. The lowest BCUT2D eigenvalue weighted by atomic mass is 9.85. The third kappa shape index (κ3) is 2.77. The lowest BCUT2D eigenvalue weighted by molar-refractivity contribution is -0.219. The van der Waals surface area contributed by atoms with Gasteiger partial charge in [-0.2, -0.15) is 0 Å². The van der Waals surface area contributed by atoms with Gasteiger partial charge in [-0.05, 0) is 0 Å². The Labute approximate surface area is 89.8 Å². The van der Waals surface area contributed by atoms with Gasteiger partial charge in [0.05, 0.1) is 0 Å². The molecule has 0 heterocycles. The van der Waals surface area contributed by atoms with Gasteiger partial charge in [0.25, 0.3) is 0 Å². The van der Waals surface area contributed by atoms with Crippen LogP contribution in [0.2, 0.25) is 0 Å². The van der Waals surface area contributed by atoms with Crippen molar-refractivity contribution in [1.29, 1.82) is 0 Å². The zero-order valence-corrected chi connectivity index (χ0v) is 8.75. The van der Waals surface area contributed by atoms with Crippen LogP contribution in [0, 0.1) is 0 Å². The Bertz CT molecular complexity index is 274. The molecule has 6 atom stereocenters. The molecule has 1 aliphatic carbocycles. The Morgan fingerprint density at radius 1 is 0.750 bits per heavy atom. The van der Waals surface area contributed by atoms with Gasteiger partial charge in [-0.3, -0.25) is 4.52 Å². The van der Waals surface area contributed by atoms with Gasteiger partial charge in [0.1, 0.15) is 36.6 Å². The second kappa shape index (κ2) is 4.65. The van der Waals surface area contributed by atoms with E-state index >= 15 is 0 Å². The molecule has 9 nitrogen and oxygen atoms in total. The molecular weight excluding hydrogens is 247 g/mol. The number of hydrogen-bond acceptors (Lipinski definition) is 7. The van der Waals surface area contributed by atoms with Gasteiger partial charge in [-0.15, -0.1) is 0 Å². The molecule has 0 aromatic carbocycles. The first-order valence-electron chi connectivity index (χ1n) is 4.29. The summed E-state index contributed by atoms with van der Waals surface area (Å²) >= 11 is 0. The molecule has 4 unspecified atom stereocenters. The summed E-state index contributed by atoms with van der Waals surface area (Å²) < 4.78 is 14.5. The highest BCUT2D eigenvalue weighted by atomic mass is 31.2. The maximum atomic E-state index is 10.5. The second-order valence-electron chi connectivity index (χ2n) is 3.51. The molecule has 0 aromatic heterocycles. The summed E-state index contributed by atoms with van der Waals surface area (Å²) in [6.45, 7) is 0. The quantitative estimate of drug-likeness (QED) is 0.247. The zero-order valence-electron chi connectivity index (χ0n) is 7.86. The van der Waals surface area contributed by atoms with Crippen molar-refractivity contribution >= 4 is 7.82 Å². The Balaban J connectivity index is 2.87. The van der Waals surface area contributed by atoms with Gasteiger partial charge >= 0.3 is 7.82 Å². The SMILES string of the molecule is O=P(O)(O)OC1C(O)[C@H](O)C(O)C(O)[C@@H]1O. The first-order chi connectivity index (χ1) is 7.15. The van der Waals surface area contributed by atoms with Crippen molar-refractivity contribution in [3.05, 3.63) is 0 Å². The van der Waals surface area contributed by atoms with E-state index in [9.17, 15) is 25.0 Å². The normalized spacial score (nSPS) is 45.7. The van der Waals surface area contributed by atoms with Gasteiger partial charge in [-0.1, -0.05) is 0 Å². The largest absolute Gasteiger partial charge is 0.470 e. The molecule has 10 heteroatoms. The average Bonchev–Trinajstić information content (AvgIpc) is 2.17. The maximum absolute atomic E-state index is 10.5. The van der Waals surface area contributed by atoms with Crippen LogP contribution in [0.3, 0.4) is 0 Å². The molecule has 1 rings (SSSR count). The van der Waals surface area contributed by atoms with Crippen molar-refractivity contribution in [2.45, 2.75) is 36.6 Å². The van der Waals surface area contributed by atoms with Gasteiger partial charge < -0.3 is 35.3 Å². The first kappa shape index (κ1) is 14.0. The van der Waals surface area contributed by atoms with Crippen LogP contribution in [0.15, 0.2) is 0 Å². The molecule has 0 spiro atoms. The molecule has 0 aliphatic heterocycles. The summed E-state index contributed by atoms with van der Waals surface area (Å²) in [5.74, 6) is 0. The molecule has 0 amide bonds. The Kier molecular flexibility index (Phi) is 4.06. The lowest BCUT2D eigenvalue weighted by Gasteiger charge is -2.41.